The number of thiophene rings is 1. The van der Waals surface area contributed by atoms with Gasteiger partial charge in [0.25, 0.3) is 0 Å². The van der Waals surface area contributed by atoms with Crippen molar-refractivity contribution in [3.63, 3.8) is 0 Å². The maximum atomic E-state index is 11.8. The first-order valence-corrected chi connectivity index (χ1v) is 8.20. The first-order valence-electron chi connectivity index (χ1n) is 7.38. The second-order valence-corrected chi connectivity index (χ2v) is 6.34. The fourth-order valence-electron chi connectivity index (χ4n) is 1.66. The quantitative estimate of drug-likeness (QED) is 0.724. The van der Waals surface area contributed by atoms with E-state index in [1.165, 1.54) is 4.88 Å². The molecule has 21 heavy (non-hydrogen) atoms. The Hall–Kier alpha value is -1.56. The van der Waals surface area contributed by atoms with Crippen molar-refractivity contribution in [1.82, 2.24) is 16.0 Å². The van der Waals surface area contributed by atoms with Crippen LogP contribution in [0.4, 0.5) is 4.79 Å². The summed E-state index contributed by atoms with van der Waals surface area (Å²) in [7, 11) is 0. The third-order valence-corrected chi connectivity index (χ3v) is 4.46. The Labute approximate surface area is 130 Å². The maximum Gasteiger partial charge on any atom is 0.315 e. The fraction of sp³-hybridized carbons (Fsp3) is 0.600. The number of rotatable bonds is 7. The third-order valence-electron chi connectivity index (χ3n) is 3.23. The molecule has 2 atom stereocenters. The summed E-state index contributed by atoms with van der Waals surface area (Å²) in [6, 6.07) is 3.33. The van der Waals surface area contributed by atoms with Crippen molar-refractivity contribution in [3.8, 4) is 0 Å². The van der Waals surface area contributed by atoms with E-state index in [9.17, 15) is 9.59 Å². The van der Waals surface area contributed by atoms with Gasteiger partial charge in [0.05, 0.1) is 6.54 Å². The molecule has 118 valence electrons. The molecule has 6 heteroatoms. The number of amides is 3. The van der Waals surface area contributed by atoms with Crippen LogP contribution in [0.5, 0.6) is 0 Å². The van der Waals surface area contributed by atoms with Crippen LogP contribution >= 0.6 is 11.3 Å². The Morgan fingerprint density at radius 1 is 1.14 bits per heavy atom. The molecule has 0 bridgehead atoms. The number of carbonyl (C=O) groups is 2. The molecule has 0 aliphatic rings. The molecule has 1 heterocycles. The van der Waals surface area contributed by atoms with E-state index in [1.54, 1.807) is 18.3 Å². The van der Waals surface area contributed by atoms with Crippen LogP contribution in [-0.2, 0) is 17.8 Å². The molecule has 0 saturated carbocycles. The van der Waals surface area contributed by atoms with Crippen LogP contribution in [0.15, 0.2) is 12.1 Å². The van der Waals surface area contributed by atoms with E-state index in [4.69, 9.17) is 0 Å². The average molecular weight is 311 g/mol. The van der Waals surface area contributed by atoms with Gasteiger partial charge in [0, 0.05) is 15.8 Å². The van der Waals surface area contributed by atoms with E-state index < -0.39 is 6.04 Å². The van der Waals surface area contributed by atoms with Gasteiger partial charge in [-0.25, -0.2) is 4.79 Å². The standard InChI is InChI=1S/C15H25N3O2S/c1-5-10(3)17-14(19)11(4)18-15(20)16-9-13-8-7-12(6-2)21-13/h7-8,10-11H,5-6,9H2,1-4H3,(H,17,19)(H2,16,18,20). The van der Waals surface area contributed by atoms with Gasteiger partial charge in [-0.2, -0.15) is 0 Å². The van der Waals surface area contributed by atoms with E-state index in [0.717, 1.165) is 17.7 Å². The van der Waals surface area contributed by atoms with Crippen molar-refractivity contribution in [1.29, 1.82) is 0 Å². The highest BCUT2D eigenvalue weighted by Gasteiger charge is 2.16. The van der Waals surface area contributed by atoms with Gasteiger partial charge in [-0.15, -0.1) is 11.3 Å². The molecule has 1 aromatic heterocycles. The van der Waals surface area contributed by atoms with Gasteiger partial charge in [-0.05, 0) is 38.8 Å². The molecule has 0 fully saturated rings. The first kappa shape index (κ1) is 17.5. The second-order valence-electron chi connectivity index (χ2n) is 5.09. The molecule has 3 N–H and O–H groups in total. The highest BCUT2D eigenvalue weighted by atomic mass is 32.1. The van der Waals surface area contributed by atoms with Gasteiger partial charge in [0.15, 0.2) is 0 Å². The Balaban J connectivity index is 2.33. The van der Waals surface area contributed by atoms with Crippen LogP contribution in [0.3, 0.4) is 0 Å². The minimum atomic E-state index is -0.548. The zero-order chi connectivity index (χ0) is 15.8. The summed E-state index contributed by atoms with van der Waals surface area (Å²) in [4.78, 5) is 26.0. The highest BCUT2D eigenvalue weighted by Crippen LogP contribution is 2.16. The van der Waals surface area contributed by atoms with E-state index in [0.29, 0.717) is 6.54 Å². The molecule has 5 nitrogen and oxygen atoms in total. The van der Waals surface area contributed by atoms with Gasteiger partial charge >= 0.3 is 6.03 Å². The van der Waals surface area contributed by atoms with E-state index >= 15 is 0 Å². The third kappa shape index (κ3) is 6.16. The van der Waals surface area contributed by atoms with Crippen LogP contribution in [0.25, 0.3) is 0 Å². The molecule has 0 aromatic carbocycles. The van der Waals surface area contributed by atoms with Gasteiger partial charge in [-0.1, -0.05) is 13.8 Å². The van der Waals surface area contributed by atoms with Crippen molar-refractivity contribution in [2.75, 3.05) is 0 Å². The predicted molar refractivity (Wildman–Crippen MR) is 86.4 cm³/mol. The monoisotopic (exact) mass is 311 g/mol. The lowest BCUT2D eigenvalue weighted by molar-refractivity contribution is -0.123. The smallest absolute Gasteiger partial charge is 0.315 e. The van der Waals surface area contributed by atoms with Gasteiger partial charge in [0.1, 0.15) is 6.04 Å². The number of aryl methyl sites for hydroxylation is 1. The first-order chi connectivity index (χ1) is 9.96. The Bertz CT molecular complexity index is 473. The highest BCUT2D eigenvalue weighted by molar-refractivity contribution is 7.11. The maximum absolute atomic E-state index is 11.8. The van der Waals surface area contributed by atoms with Crippen LogP contribution in [0, 0.1) is 0 Å². The summed E-state index contributed by atoms with van der Waals surface area (Å²) in [5, 5.41) is 8.25. The Morgan fingerprint density at radius 2 is 1.81 bits per heavy atom. The average Bonchev–Trinajstić information content (AvgIpc) is 2.92. The van der Waals surface area contributed by atoms with Crippen LogP contribution < -0.4 is 16.0 Å². The van der Waals surface area contributed by atoms with Crippen molar-refractivity contribution in [2.45, 2.75) is 59.2 Å². The lowest BCUT2D eigenvalue weighted by Gasteiger charge is -2.17. The number of urea groups is 1. The van der Waals surface area contributed by atoms with Gasteiger partial charge in [-0.3, -0.25) is 4.79 Å². The number of hydrogen-bond acceptors (Lipinski definition) is 3. The number of nitrogens with one attached hydrogen (secondary N) is 3. The second kappa shape index (κ2) is 8.67. The summed E-state index contributed by atoms with van der Waals surface area (Å²) in [6.45, 7) is 8.20. The normalized spacial score (nSPS) is 13.3. The summed E-state index contributed by atoms with van der Waals surface area (Å²) in [5.74, 6) is -0.163. The van der Waals surface area contributed by atoms with E-state index in [1.807, 2.05) is 19.9 Å². The molecule has 0 spiro atoms. The van der Waals surface area contributed by atoms with Crippen LogP contribution in [0.1, 0.15) is 43.9 Å². The van der Waals surface area contributed by atoms with Crippen molar-refractivity contribution in [3.05, 3.63) is 21.9 Å². The molecule has 0 aliphatic heterocycles. The summed E-state index contributed by atoms with van der Waals surface area (Å²) >= 11 is 1.69. The molecular formula is C15H25N3O2S. The molecule has 3 amide bonds. The van der Waals surface area contributed by atoms with Crippen molar-refractivity contribution in [2.24, 2.45) is 0 Å². The summed E-state index contributed by atoms with van der Waals surface area (Å²) < 4.78 is 0. The van der Waals surface area contributed by atoms with Crippen molar-refractivity contribution >= 4 is 23.3 Å². The molecule has 0 radical (unpaired) electrons. The largest absolute Gasteiger partial charge is 0.352 e. The van der Waals surface area contributed by atoms with Gasteiger partial charge < -0.3 is 16.0 Å². The van der Waals surface area contributed by atoms with Crippen molar-refractivity contribution < 1.29 is 9.59 Å². The lowest BCUT2D eigenvalue weighted by atomic mass is 10.2. The van der Waals surface area contributed by atoms with E-state index in [-0.39, 0.29) is 18.0 Å². The SMILES string of the molecule is CCc1ccc(CNC(=O)NC(C)C(=O)NC(C)CC)s1. The minimum absolute atomic E-state index is 0.114. The predicted octanol–water partition coefficient (Wildman–Crippen LogP) is 2.41. The molecule has 1 aromatic rings. The zero-order valence-electron chi connectivity index (χ0n) is 13.2. The topological polar surface area (TPSA) is 70.2 Å². The van der Waals surface area contributed by atoms with Crippen LogP contribution in [0.2, 0.25) is 0 Å². The zero-order valence-corrected chi connectivity index (χ0v) is 14.0. The molecule has 0 saturated heterocycles. The van der Waals surface area contributed by atoms with Gasteiger partial charge in [0.2, 0.25) is 5.91 Å². The van der Waals surface area contributed by atoms with Crippen LogP contribution in [-0.4, -0.2) is 24.0 Å². The Morgan fingerprint density at radius 3 is 2.38 bits per heavy atom. The molecule has 0 aliphatic carbocycles. The van der Waals surface area contributed by atoms with E-state index in [2.05, 4.69) is 28.9 Å². The Kier molecular flexibility index (Phi) is 7.22. The number of carbonyl (C=O) groups excluding carboxylic acids is 2. The lowest BCUT2D eigenvalue weighted by Crippen LogP contribution is -2.49. The molecule has 1 rings (SSSR count). The summed E-state index contributed by atoms with van der Waals surface area (Å²) in [6.07, 6.45) is 1.87. The molecular weight excluding hydrogens is 286 g/mol. The fourth-order valence-corrected chi connectivity index (χ4v) is 2.56. The number of hydrogen-bond donors (Lipinski definition) is 3. The minimum Gasteiger partial charge on any atom is -0.352 e. The molecule has 2 unspecified atom stereocenters. The summed E-state index contributed by atoms with van der Waals surface area (Å²) in [5.41, 5.74) is 0.